The van der Waals surface area contributed by atoms with Gasteiger partial charge < -0.3 is 18.4 Å². The van der Waals surface area contributed by atoms with Crippen LogP contribution in [0.25, 0.3) is 0 Å². The average molecular weight is 402 g/mol. The second kappa shape index (κ2) is 8.75. The third kappa shape index (κ3) is 4.25. The third-order valence-corrected chi connectivity index (χ3v) is 5.04. The van der Waals surface area contributed by atoms with Gasteiger partial charge in [-0.15, -0.1) is 11.8 Å². The van der Waals surface area contributed by atoms with Crippen LogP contribution in [0.4, 0.5) is 0 Å². The quantitative estimate of drug-likeness (QED) is 0.432. The first-order chi connectivity index (χ1) is 13.5. The zero-order chi connectivity index (χ0) is 20.1. The molecule has 0 amide bonds. The predicted molar refractivity (Wildman–Crippen MR) is 98.9 cm³/mol. The molecule has 0 aliphatic carbocycles. The molecule has 146 valence electrons. The number of ether oxygens (including phenoxy) is 2. The number of aromatic nitrogens is 2. The van der Waals surface area contributed by atoms with Crippen LogP contribution in [0, 0.1) is 13.8 Å². The molecule has 0 fully saturated rings. The van der Waals surface area contributed by atoms with Crippen molar-refractivity contribution in [1.29, 1.82) is 0 Å². The Labute approximate surface area is 165 Å². The van der Waals surface area contributed by atoms with E-state index in [-0.39, 0.29) is 17.9 Å². The summed E-state index contributed by atoms with van der Waals surface area (Å²) in [4.78, 5) is 28.5. The van der Waals surface area contributed by atoms with Crippen molar-refractivity contribution in [3.8, 4) is 0 Å². The van der Waals surface area contributed by atoms with Crippen LogP contribution in [-0.4, -0.2) is 29.2 Å². The zero-order valence-corrected chi connectivity index (χ0v) is 16.4. The highest BCUT2D eigenvalue weighted by Gasteiger charge is 2.20. The zero-order valence-electron chi connectivity index (χ0n) is 15.6. The van der Waals surface area contributed by atoms with Crippen molar-refractivity contribution >= 4 is 23.7 Å². The van der Waals surface area contributed by atoms with E-state index in [2.05, 4.69) is 14.9 Å². The molecule has 3 heterocycles. The van der Waals surface area contributed by atoms with Gasteiger partial charge in [0.1, 0.15) is 16.3 Å². The minimum atomic E-state index is -0.568. The van der Waals surface area contributed by atoms with Crippen LogP contribution < -0.4 is 0 Å². The van der Waals surface area contributed by atoms with Crippen molar-refractivity contribution in [2.24, 2.45) is 0 Å². The molecular weight excluding hydrogens is 384 g/mol. The molecule has 0 aromatic carbocycles. The van der Waals surface area contributed by atoms with Gasteiger partial charge >= 0.3 is 11.9 Å². The van der Waals surface area contributed by atoms with Gasteiger partial charge in [0, 0.05) is 17.5 Å². The van der Waals surface area contributed by atoms with Gasteiger partial charge in [-0.2, -0.15) is 0 Å². The Bertz CT molecular complexity index is 974. The Kier molecular flexibility index (Phi) is 6.15. The fraction of sp³-hybridized carbons (Fsp3) is 0.263. The molecule has 0 N–H and O–H groups in total. The number of nitrogens with zero attached hydrogens (tertiary/aromatic N) is 2. The number of carbonyl (C=O) groups excluding carboxylic acids is 2. The molecule has 3 rings (SSSR count). The lowest BCUT2D eigenvalue weighted by molar-refractivity contribution is 0.0427. The van der Waals surface area contributed by atoms with Crippen molar-refractivity contribution in [3.05, 3.63) is 64.6 Å². The monoisotopic (exact) mass is 402 g/mol. The van der Waals surface area contributed by atoms with E-state index in [4.69, 9.17) is 13.7 Å². The molecule has 0 saturated carbocycles. The smallest absolute Gasteiger partial charge is 0.341 e. The van der Waals surface area contributed by atoms with E-state index in [9.17, 15) is 9.59 Å². The Balaban J connectivity index is 1.69. The lowest BCUT2D eigenvalue weighted by atomic mass is 10.2. The van der Waals surface area contributed by atoms with E-state index in [1.54, 1.807) is 18.3 Å². The number of carbonyl (C=O) groups is 2. The first-order valence-electron chi connectivity index (χ1n) is 8.32. The molecule has 8 nitrogen and oxygen atoms in total. The van der Waals surface area contributed by atoms with Crippen molar-refractivity contribution in [2.75, 3.05) is 7.11 Å². The molecule has 0 bridgehead atoms. The Morgan fingerprint density at radius 3 is 2.71 bits per heavy atom. The summed E-state index contributed by atoms with van der Waals surface area (Å²) >= 11 is 1.39. The molecule has 28 heavy (non-hydrogen) atoms. The summed E-state index contributed by atoms with van der Waals surface area (Å²) in [6, 6.07) is 4.75. The molecule has 9 heteroatoms. The molecule has 3 aromatic heterocycles. The van der Waals surface area contributed by atoms with E-state index in [1.807, 2.05) is 13.8 Å². The van der Waals surface area contributed by atoms with E-state index in [1.165, 1.54) is 31.2 Å². The van der Waals surface area contributed by atoms with Crippen LogP contribution in [0.15, 0.2) is 44.6 Å². The van der Waals surface area contributed by atoms with Crippen molar-refractivity contribution in [3.63, 3.8) is 0 Å². The summed E-state index contributed by atoms with van der Waals surface area (Å²) in [7, 11) is 1.27. The normalized spacial score (nSPS) is 10.7. The summed E-state index contributed by atoms with van der Waals surface area (Å²) in [6.07, 6.45) is 2.94. The Morgan fingerprint density at radius 2 is 2.00 bits per heavy atom. The van der Waals surface area contributed by atoms with Gasteiger partial charge in [0.05, 0.1) is 24.6 Å². The van der Waals surface area contributed by atoms with Gasteiger partial charge in [0.15, 0.2) is 12.4 Å². The average Bonchev–Trinajstić information content (AvgIpc) is 3.30. The lowest BCUT2D eigenvalue weighted by Gasteiger charge is -2.08. The Morgan fingerprint density at radius 1 is 1.18 bits per heavy atom. The number of furan rings is 1. The highest BCUT2D eigenvalue weighted by Crippen LogP contribution is 2.27. The summed E-state index contributed by atoms with van der Waals surface area (Å²) < 4.78 is 20.3. The molecule has 3 aromatic rings. The molecule has 0 saturated heterocycles. The molecular formula is C19H18N2O6S. The highest BCUT2D eigenvalue weighted by atomic mass is 32.2. The van der Waals surface area contributed by atoms with Crippen LogP contribution in [0.3, 0.4) is 0 Å². The van der Waals surface area contributed by atoms with Crippen LogP contribution in [0.1, 0.15) is 43.5 Å². The van der Waals surface area contributed by atoms with Crippen molar-refractivity contribution < 1.29 is 28.0 Å². The number of thioether (sulfide) groups is 1. The van der Waals surface area contributed by atoms with Gasteiger partial charge in [0.25, 0.3) is 0 Å². The first kappa shape index (κ1) is 19.7. The van der Waals surface area contributed by atoms with E-state index in [0.717, 1.165) is 17.0 Å². The largest absolute Gasteiger partial charge is 0.465 e. The number of rotatable bonds is 7. The molecule has 0 aliphatic rings. The number of esters is 2. The predicted octanol–water partition coefficient (Wildman–Crippen LogP) is 3.72. The Hall–Kier alpha value is -3.07. The number of aryl methyl sites for hydroxylation is 2. The molecule has 0 atom stereocenters. The first-order valence-corrected chi connectivity index (χ1v) is 9.31. The van der Waals surface area contributed by atoms with Gasteiger partial charge in [-0.1, -0.05) is 5.16 Å². The van der Waals surface area contributed by atoms with E-state index >= 15 is 0 Å². The highest BCUT2D eigenvalue weighted by molar-refractivity contribution is 7.98. The van der Waals surface area contributed by atoms with Gasteiger partial charge in [0.2, 0.25) is 0 Å². The maximum absolute atomic E-state index is 12.5. The van der Waals surface area contributed by atoms with Crippen molar-refractivity contribution in [1.82, 2.24) is 10.1 Å². The van der Waals surface area contributed by atoms with Crippen LogP contribution in [0.5, 0.6) is 0 Å². The molecule has 0 spiro atoms. The summed E-state index contributed by atoms with van der Waals surface area (Å²) in [5.41, 5.74) is 2.31. The van der Waals surface area contributed by atoms with Crippen LogP contribution in [0.2, 0.25) is 0 Å². The summed E-state index contributed by atoms with van der Waals surface area (Å²) in [5.74, 6) is 0.383. The van der Waals surface area contributed by atoms with Gasteiger partial charge in [-0.3, -0.25) is 0 Å². The summed E-state index contributed by atoms with van der Waals surface area (Å²) in [5, 5.41) is 4.45. The van der Waals surface area contributed by atoms with Crippen LogP contribution >= 0.6 is 11.8 Å². The SMILES string of the molecule is COC(=O)c1ccoc1COC(=O)c1cccnc1SCc1c(C)noc1C. The van der Waals surface area contributed by atoms with E-state index in [0.29, 0.717) is 16.3 Å². The van der Waals surface area contributed by atoms with E-state index < -0.39 is 11.9 Å². The topological polar surface area (TPSA) is 105 Å². The number of pyridine rings is 1. The maximum atomic E-state index is 12.5. The van der Waals surface area contributed by atoms with Crippen LogP contribution in [-0.2, 0) is 21.8 Å². The minimum absolute atomic E-state index is 0.195. The van der Waals surface area contributed by atoms with Gasteiger partial charge in [-0.05, 0) is 32.0 Å². The minimum Gasteiger partial charge on any atom is -0.465 e. The standard InChI is InChI=1S/C19H18N2O6S/c1-11-15(12(2)27-21-11)10-28-17-14(5-4-7-20-17)19(23)26-9-16-13(6-8-25-16)18(22)24-3/h4-8H,9-10H2,1-3H3. The van der Waals surface area contributed by atoms with Gasteiger partial charge in [-0.25, -0.2) is 14.6 Å². The molecule has 0 radical (unpaired) electrons. The third-order valence-electron chi connectivity index (χ3n) is 4.01. The fourth-order valence-electron chi connectivity index (χ4n) is 2.46. The molecule has 0 aliphatic heterocycles. The fourth-order valence-corrected chi connectivity index (χ4v) is 3.60. The summed E-state index contributed by atoms with van der Waals surface area (Å²) in [6.45, 7) is 3.51. The second-order valence-corrected chi connectivity index (χ2v) is 6.74. The molecule has 0 unspecified atom stereocenters. The second-order valence-electron chi connectivity index (χ2n) is 5.77. The number of hydrogen-bond acceptors (Lipinski definition) is 9. The maximum Gasteiger partial charge on any atom is 0.341 e. The van der Waals surface area contributed by atoms with Crippen molar-refractivity contribution in [2.45, 2.75) is 31.2 Å². The lowest BCUT2D eigenvalue weighted by Crippen LogP contribution is -2.10. The number of hydrogen-bond donors (Lipinski definition) is 0. The number of methoxy groups -OCH3 is 1.